The van der Waals surface area contributed by atoms with E-state index in [4.69, 9.17) is 0 Å². The van der Waals surface area contributed by atoms with Gasteiger partial charge < -0.3 is 4.84 Å². The monoisotopic (exact) mass is 141 g/mol. The van der Waals surface area contributed by atoms with Crippen LogP contribution in [0.2, 0.25) is 0 Å². The molecule has 0 aromatic rings. The molecule has 4 heteroatoms. The van der Waals surface area contributed by atoms with Gasteiger partial charge in [-0.05, 0) is 0 Å². The number of rotatable bonds is 1. The van der Waals surface area contributed by atoms with Crippen molar-refractivity contribution >= 4 is 11.9 Å². The maximum absolute atomic E-state index is 10.7. The number of carbonyl (C=O) groups excluding carboxylic acids is 2. The maximum Gasteiger partial charge on any atom is 0.329 e. The first-order valence-corrected chi connectivity index (χ1v) is 2.87. The Balaban J connectivity index is 2.48. The van der Waals surface area contributed by atoms with Crippen molar-refractivity contribution in [1.82, 2.24) is 5.06 Å². The first-order chi connectivity index (χ1) is 4.70. The highest BCUT2D eigenvalue weighted by atomic mass is 16.7. The van der Waals surface area contributed by atoms with Gasteiger partial charge in [0.05, 0.1) is 6.42 Å². The van der Waals surface area contributed by atoms with E-state index in [2.05, 4.69) is 4.84 Å². The molecule has 0 unspecified atom stereocenters. The Morgan fingerprint density at radius 1 is 1.80 bits per heavy atom. The summed E-state index contributed by atoms with van der Waals surface area (Å²) in [5.41, 5.74) is 0. The van der Waals surface area contributed by atoms with Crippen LogP contribution in [-0.2, 0) is 14.4 Å². The number of hydroxylamine groups is 2. The van der Waals surface area contributed by atoms with Gasteiger partial charge in [-0.15, -0.1) is 5.06 Å². The summed E-state index contributed by atoms with van der Waals surface area (Å²) in [6.07, 6.45) is 3.38. The molecule has 0 aromatic carbocycles. The third kappa shape index (κ3) is 1.34. The van der Waals surface area contributed by atoms with Crippen LogP contribution in [-0.4, -0.2) is 16.9 Å². The highest BCUT2D eigenvalue weighted by molar-refractivity contribution is 5.81. The SMILES string of the molecule is CC(=O)ON1C=CCC1=O. The van der Waals surface area contributed by atoms with E-state index in [1.165, 1.54) is 13.1 Å². The Morgan fingerprint density at radius 2 is 2.50 bits per heavy atom. The lowest BCUT2D eigenvalue weighted by Gasteiger charge is -2.09. The summed E-state index contributed by atoms with van der Waals surface area (Å²) in [7, 11) is 0. The van der Waals surface area contributed by atoms with Gasteiger partial charge in [-0.3, -0.25) is 4.79 Å². The number of nitrogens with zero attached hydrogens (tertiary/aromatic N) is 1. The molecule has 0 spiro atoms. The highest BCUT2D eigenvalue weighted by Gasteiger charge is 2.16. The molecule has 0 saturated heterocycles. The predicted molar refractivity (Wildman–Crippen MR) is 32.4 cm³/mol. The molecule has 1 aliphatic rings. The second-order valence-corrected chi connectivity index (χ2v) is 1.89. The quantitative estimate of drug-likeness (QED) is 0.524. The zero-order valence-electron chi connectivity index (χ0n) is 5.53. The van der Waals surface area contributed by atoms with Gasteiger partial charge in [0.25, 0.3) is 5.91 Å². The fourth-order valence-electron chi connectivity index (χ4n) is 0.642. The zero-order valence-corrected chi connectivity index (χ0v) is 5.53. The minimum atomic E-state index is -0.486. The third-order valence-electron chi connectivity index (χ3n) is 1.01. The number of amides is 1. The van der Waals surface area contributed by atoms with Gasteiger partial charge in [-0.25, -0.2) is 4.79 Å². The molecule has 54 valence electrons. The van der Waals surface area contributed by atoms with E-state index < -0.39 is 5.97 Å². The van der Waals surface area contributed by atoms with Crippen molar-refractivity contribution in [3.63, 3.8) is 0 Å². The van der Waals surface area contributed by atoms with Crippen LogP contribution in [0, 0.1) is 0 Å². The molecular weight excluding hydrogens is 134 g/mol. The zero-order chi connectivity index (χ0) is 7.56. The smallest absolute Gasteiger partial charge is 0.329 e. The van der Waals surface area contributed by atoms with E-state index in [1.807, 2.05) is 0 Å². The van der Waals surface area contributed by atoms with Crippen LogP contribution >= 0.6 is 0 Å². The fraction of sp³-hybridized carbons (Fsp3) is 0.333. The van der Waals surface area contributed by atoms with E-state index in [9.17, 15) is 9.59 Å². The van der Waals surface area contributed by atoms with Gasteiger partial charge in [0, 0.05) is 13.1 Å². The van der Waals surface area contributed by atoms with E-state index in [0.29, 0.717) is 6.42 Å². The molecule has 10 heavy (non-hydrogen) atoms. The van der Waals surface area contributed by atoms with Gasteiger partial charge in [0.15, 0.2) is 0 Å². The average Bonchev–Trinajstić information content (AvgIpc) is 2.15. The molecule has 0 aliphatic carbocycles. The van der Waals surface area contributed by atoms with Crippen LogP contribution in [0.3, 0.4) is 0 Å². The summed E-state index contributed by atoms with van der Waals surface area (Å²) in [4.78, 5) is 25.5. The van der Waals surface area contributed by atoms with Crippen molar-refractivity contribution < 1.29 is 14.4 Å². The molecule has 1 heterocycles. The molecule has 0 saturated carbocycles. The minimum Gasteiger partial charge on any atom is -0.334 e. The highest BCUT2D eigenvalue weighted by Crippen LogP contribution is 2.06. The van der Waals surface area contributed by atoms with Crippen molar-refractivity contribution in [2.75, 3.05) is 0 Å². The van der Waals surface area contributed by atoms with Crippen molar-refractivity contribution in [3.05, 3.63) is 12.3 Å². The predicted octanol–water partition coefficient (Wildman–Crippen LogP) is 0.211. The molecule has 0 fully saturated rings. The Morgan fingerprint density at radius 3 is 2.90 bits per heavy atom. The molecule has 1 amide bonds. The summed E-state index contributed by atoms with van der Waals surface area (Å²) < 4.78 is 0. The molecular formula is C6H7NO3. The normalized spacial score (nSPS) is 16.1. The summed E-state index contributed by atoms with van der Waals surface area (Å²) >= 11 is 0. The first-order valence-electron chi connectivity index (χ1n) is 2.87. The molecule has 1 rings (SSSR count). The summed E-state index contributed by atoms with van der Waals surface area (Å²) in [6.45, 7) is 1.25. The molecule has 0 N–H and O–H groups in total. The lowest BCUT2D eigenvalue weighted by atomic mass is 10.5. The lowest BCUT2D eigenvalue weighted by molar-refractivity contribution is -0.183. The van der Waals surface area contributed by atoms with Crippen LogP contribution < -0.4 is 0 Å². The molecule has 4 nitrogen and oxygen atoms in total. The number of hydrogen-bond acceptors (Lipinski definition) is 3. The average molecular weight is 141 g/mol. The maximum atomic E-state index is 10.7. The van der Waals surface area contributed by atoms with Crippen LogP contribution in [0.15, 0.2) is 12.3 Å². The van der Waals surface area contributed by atoms with E-state index in [1.54, 1.807) is 6.08 Å². The lowest BCUT2D eigenvalue weighted by Crippen LogP contribution is -2.23. The van der Waals surface area contributed by atoms with Crippen molar-refractivity contribution in [3.8, 4) is 0 Å². The first kappa shape index (κ1) is 6.80. The van der Waals surface area contributed by atoms with Crippen LogP contribution in [0.25, 0.3) is 0 Å². The standard InChI is InChI=1S/C6H7NO3/c1-5(8)10-7-4-2-3-6(7)9/h2,4H,3H2,1H3. The molecule has 0 bridgehead atoms. The van der Waals surface area contributed by atoms with E-state index in [0.717, 1.165) is 5.06 Å². The minimum absolute atomic E-state index is 0.213. The van der Waals surface area contributed by atoms with Crippen LogP contribution in [0.1, 0.15) is 13.3 Å². The largest absolute Gasteiger partial charge is 0.334 e. The van der Waals surface area contributed by atoms with Crippen molar-refractivity contribution in [1.29, 1.82) is 0 Å². The summed E-state index contributed by atoms with van der Waals surface area (Å²) in [5.74, 6) is -0.699. The number of carbonyl (C=O) groups is 2. The van der Waals surface area contributed by atoms with Crippen LogP contribution in [0.4, 0.5) is 0 Å². The van der Waals surface area contributed by atoms with E-state index in [-0.39, 0.29) is 5.91 Å². The fourth-order valence-corrected chi connectivity index (χ4v) is 0.642. The molecule has 0 aromatic heterocycles. The second kappa shape index (κ2) is 2.51. The van der Waals surface area contributed by atoms with Crippen LogP contribution in [0.5, 0.6) is 0 Å². The second-order valence-electron chi connectivity index (χ2n) is 1.89. The molecule has 0 atom stereocenters. The van der Waals surface area contributed by atoms with Gasteiger partial charge in [-0.1, -0.05) is 6.08 Å². The Kier molecular flexibility index (Phi) is 1.71. The Labute approximate surface area is 58.0 Å². The molecule has 0 radical (unpaired) electrons. The summed E-state index contributed by atoms with van der Waals surface area (Å²) in [5, 5.41) is 0.933. The summed E-state index contributed by atoms with van der Waals surface area (Å²) in [6, 6.07) is 0. The Bertz CT molecular complexity index is 197. The van der Waals surface area contributed by atoms with E-state index >= 15 is 0 Å². The van der Waals surface area contributed by atoms with Crippen molar-refractivity contribution in [2.45, 2.75) is 13.3 Å². The van der Waals surface area contributed by atoms with Gasteiger partial charge >= 0.3 is 5.97 Å². The van der Waals surface area contributed by atoms with Gasteiger partial charge in [0.1, 0.15) is 0 Å². The van der Waals surface area contributed by atoms with Crippen molar-refractivity contribution in [2.24, 2.45) is 0 Å². The van der Waals surface area contributed by atoms with Gasteiger partial charge in [0.2, 0.25) is 0 Å². The third-order valence-corrected chi connectivity index (χ3v) is 1.01. The number of hydrogen-bond donors (Lipinski definition) is 0. The Hall–Kier alpha value is -1.32. The topological polar surface area (TPSA) is 46.6 Å². The van der Waals surface area contributed by atoms with Gasteiger partial charge in [-0.2, -0.15) is 0 Å². The molecule has 1 aliphatic heterocycles.